The summed E-state index contributed by atoms with van der Waals surface area (Å²) >= 11 is 6.01. The summed E-state index contributed by atoms with van der Waals surface area (Å²) in [6.45, 7) is 0. The number of carbonyl (C=O) groups is 1. The molecular formula is C24H17ClN2O3S. The van der Waals surface area contributed by atoms with Crippen LogP contribution in [0.2, 0.25) is 5.02 Å². The molecule has 1 aliphatic rings. The van der Waals surface area contributed by atoms with Crippen molar-refractivity contribution in [2.24, 2.45) is 0 Å². The van der Waals surface area contributed by atoms with Crippen LogP contribution < -0.4 is 9.46 Å². The van der Waals surface area contributed by atoms with E-state index in [0.29, 0.717) is 39.7 Å². The topological polar surface area (TPSA) is 68.3 Å². The zero-order valence-electron chi connectivity index (χ0n) is 16.5. The van der Waals surface area contributed by atoms with Gasteiger partial charge < -0.3 is 9.46 Å². The third-order valence-corrected chi connectivity index (χ3v) is 5.91. The van der Waals surface area contributed by atoms with E-state index in [-0.39, 0.29) is 10.7 Å². The molecule has 2 aromatic carbocycles. The standard InChI is InChI=1S/C24H17ClN2O3S/c1-30-23-11-9-17(15-26-23)5-2-4-16-8-10-21-20(13-16)24(28)22(31(29)27-21)14-18-6-3-7-19(25)12-18/h3,6-15,27H,5H2,1H3/b22-14-. The maximum Gasteiger partial charge on any atom is 0.212 e. The zero-order valence-corrected chi connectivity index (χ0v) is 18.1. The van der Waals surface area contributed by atoms with E-state index in [0.717, 1.165) is 5.56 Å². The molecule has 2 heterocycles. The minimum absolute atomic E-state index is 0.171. The molecular weight excluding hydrogens is 432 g/mol. The van der Waals surface area contributed by atoms with Crippen molar-refractivity contribution >= 4 is 40.1 Å². The fraction of sp³-hybridized carbons (Fsp3) is 0.0833. The number of pyridine rings is 1. The van der Waals surface area contributed by atoms with E-state index in [4.69, 9.17) is 16.3 Å². The van der Waals surface area contributed by atoms with Crippen molar-refractivity contribution in [3.63, 3.8) is 0 Å². The van der Waals surface area contributed by atoms with Crippen molar-refractivity contribution in [3.05, 3.63) is 93.0 Å². The van der Waals surface area contributed by atoms with Gasteiger partial charge in [0.15, 0.2) is 11.0 Å². The van der Waals surface area contributed by atoms with Gasteiger partial charge in [-0.05, 0) is 47.5 Å². The molecule has 3 aromatic rings. The minimum atomic E-state index is -1.65. The molecule has 0 saturated heterocycles. The maximum atomic E-state index is 13.0. The monoisotopic (exact) mass is 448 g/mol. The molecule has 0 saturated carbocycles. The summed E-state index contributed by atoms with van der Waals surface area (Å²) in [5.74, 6) is 6.42. The second-order valence-electron chi connectivity index (χ2n) is 6.71. The Balaban J connectivity index is 1.58. The number of carbonyl (C=O) groups excluding carboxylic acids is 1. The number of allylic oxidation sites excluding steroid dienone is 1. The number of methoxy groups -OCH3 is 1. The Morgan fingerprint density at radius 1 is 1.19 bits per heavy atom. The summed E-state index contributed by atoms with van der Waals surface area (Å²) in [6, 6.07) is 16.0. The van der Waals surface area contributed by atoms with Crippen molar-refractivity contribution in [2.45, 2.75) is 6.42 Å². The van der Waals surface area contributed by atoms with Crippen LogP contribution in [0.3, 0.4) is 0 Å². The lowest BCUT2D eigenvalue weighted by Crippen LogP contribution is -2.22. The summed E-state index contributed by atoms with van der Waals surface area (Å²) in [4.78, 5) is 17.4. The van der Waals surface area contributed by atoms with Crippen LogP contribution in [0.1, 0.15) is 27.0 Å². The zero-order chi connectivity index (χ0) is 21.8. The molecule has 0 radical (unpaired) electrons. The second kappa shape index (κ2) is 9.17. The summed E-state index contributed by atoms with van der Waals surface area (Å²) in [6.07, 6.45) is 3.83. The molecule has 7 heteroatoms. The van der Waals surface area contributed by atoms with Crippen LogP contribution in [0.25, 0.3) is 6.08 Å². The molecule has 154 valence electrons. The lowest BCUT2D eigenvalue weighted by molar-refractivity contribution is 0.104. The van der Waals surface area contributed by atoms with Gasteiger partial charge in [0.2, 0.25) is 11.7 Å². The average Bonchev–Trinajstić information content (AvgIpc) is 2.77. The molecule has 0 amide bonds. The quantitative estimate of drug-likeness (QED) is 0.467. The molecule has 1 N–H and O–H groups in total. The maximum absolute atomic E-state index is 13.0. The molecule has 1 atom stereocenters. The Morgan fingerprint density at radius 2 is 2.06 bits per heavy atom. The first-order valence-corrected chi connectivity index (χ1v) is 10.9. The van der Waals surface area contributed by atoms with Crippen LogP contribution in [0.15, 0.2) is 65.7 Å². The summed E-state index contributed by atoms with van der Waals surface area (Å²) in [7, 11) is -0.0824. The first kappa shape index (κ1) is 20.9. The normalized spacial score (nSPS) is 16.1. The van der Waals surface area contributed by atoms with E-state index in [2.05, 4.69) is 21.5 Å². The van der Waals surface area contributed by atoms with Gasteiger partial charge in [-0.15, -0.1) is 0 Å². The van der Waals surface area contributed by atoms with Crippen LogP contribution in [0, 0.1) is 11.8 Å². The number of hydrogen-bond donors (Lipinski definition) is 1. The lowest BCUT2D eigenvalue weighted by atomic mass is 10.0. The van der Waals surface area contributed by atoms with E-state index < -0.39 is 11.0 Å². The highest BCUT2D eigenvalue weighted by Gasteiger charge is 2.27. The van der Waals surface area contributed by atoms with E-state index >= 15 is 0 Å². The number of Topliss-reactive ketones (excluding diaryl/α,β-unsaturated/α-hetero) is 1. The van der Waals surface area contributed by atoms with Crippen molar-refractivity contribution in [2.75, 3.05) is 11.8 Å². The average molecular weight is 449 g/mol. The van der Waals surface area contributed by atoms with Crippen LogP contribution >= 0.6 is 11.6 Å². The molecule has 0 aliphatic carbocycles. The smallest absolute Gasteiger partial charge is 0.212 e. The van der Waals surface area contributed by atoms with Gasteiger partial charge in [0.1, 0.15) is 4.91 Å². The number of nitrogens with zero attached hydrogens (tertiary/aromatic N) is 1. The SMILES string of the molecule is COc1ccc(CC#Cc2ccc3c(c2)C(=O)/C(=C/c2cccc(Cl)c2)S(=O)N3)cn1. The minimum Gasteiger partial charge on any atom is -0.481 e. The molecule has 1 aliphatic heterocycles. The van der Waals surface area contributed by atoms with Crippen LogP contribution in [-0.4, -0.2) is 22.1 Å². The van der Waals surface area contributed by atoms with E-state index in [9.17, 15) is 9.00 Å². The molecule has 1 aromatic heterocycles. The Morgan fingerprint density at radius 3 is 2.81 bits per heavy atom. The highest BCUT2D eigenvalue weighted by atomic mass is 35.5. The molecule has 5 nitrogen and oxygen atoms in total. The summed E-state index contributed by atoms with van der Waals surface area (Å²) < 4.78 is 20.5. The number of ether oxygens (including phenoxy) is 1. The van der Waals surface area contributed by atoms with E-state index in [1.807, 2.05) is 6.07 Å². The fourth-order valence-electron chi connectivity index (χ4n) is 3.02. The van der Waals surface area contributed by atoms with Gasteiger partial charge in [-0.3, -0.25) is 4.79 Å². The predicted molar refractivity (Wildman–Crippen MR) is 123 cm³/mol. The Kier molecular flexibility index (Phi) is 6.17. The number of halogens is 1. The van der Waals surface area contributed by atoms with Crippen molar-refractivity contribution in [1.82, 2.24) is 4.98 Å². The first-order valence-electron chi connectivity index (χ1n) is 9.36. The van der Waals surface area contributed by atoms with Gasteiger partial charge in [-0.25, -0.2) is 9.19 Å². The number of benzene rings is 2. The number of fused-ring (bicyclic) bond motifs is 1. The van der Waals surface area contributed by atoms with E-state index in [1.165, 1.54) is 0 Å². The molecule has 31 heavy (non-hydrogen) atoms. The van der Waals surface area contributed by atoms with Gasteiger partial charge in [0.05, 0.1) is 12.8 Å². The Hall–Kier alpha value is -3.40. The summed E-state index contributed by atoms with van der Waals surface area (Å²) in [5.41, 5.74) is 3.33. The van der Waals surface area contributed by atoms with Crippen LogP contribution in [0.5, 0.6) is 5.88 Å². The van der Waals surface area contributed by atoms with Gasteiger partial charge >= 0.3 is 0 Å². The van der Waals surface area contributed by atoms with Crippen molar-refractivity contribution < 1.29 is 13.7 Å². The molecule has 0 spiro atoms. The van der Waals surface area contributed by atoms with E-state index in [1.54, 1.807) is 67.9 Å². The van der Waals surface area contributed by atoms with Gasteiger partial charge in [0, 0.05) is 34.8 Å². The number of aromatic nitrogens is 1. The van der Waals surface area contributed by atoms with Gasteiger partial charge in [-0.2, -0.15) is 0 Å². The summed E-state index contributed by atoms with van der Waals surface area (Å²) in [5, 5.41) is 0.543. The Labute approximate surface area is 187 Å². The first-order chi connectivity index (χ1) is 15.0. The predicted octanol–water partition coefficient (Wildman–Crippen LogP) is 4.65. The van der Waals surface area contributed by atoms with Gasteiger partial charge in [0.25, 0.3) is 0 Å². The van der Waals surface area contributed by atoms with Gasteiger partial charge in [-0.1, -0.05) is 41.6 Å². The Bertz CT molecular complexity index is 1270. The molecule has 0 bridgehead atoms. The number of ketones is 1. The highest BCUT2D eigenvalue weighted by molar-refractivity contribution is 7.91. The number of nitrogens with one attached hydrogen (secondary N) is 1. The largest absolute Gasteiger partial charge is 0.481 e. The molecule has 0 fully saturated rings. The van der Waals surface area contributed by atoms with Crippen molar-refractivity contribution in [1.29, 1.82) is 0 Å². The highest BCUT2D eigenvalue weighted by Crippen LogP contribution is 2.29. The third-order valence-electron chi connectivity index (χ3n) is 4.57. The fourth-order valence-corrected chi connectivity index (χ4v) is 4.23. The third kappa shape index (κ3) is 4.85. The number of anilines is 1. The van der Waals surface area contributed by atoms with Crippen molar-refractivity contribution in [3.8, 4) is 17.7 Å². The lowest BCUT2D eigenvalue weighted by Gasteiger charge is -2.19. The van der Waals surface area contributed by atoms with Crippen LogP contribution in [-0.2, 0) is 17.4 Å². The molecule has 4 rings (SSSR count). The van der Waals surface area contributed by atoms with Crippen LogP contribution in [0.4, 0.5) is 5.69 Å². The molecule has 1 unspecified atom stereocenters. The number of hydrogen-bond acceptors (Lipinski definition) is 4. The number of rotatable bonds is 3. The second-order valence-corrected chi connectivity index (χ2v) is 8.33.